The fourth-order valence-corrected chi connectivity index (χ4v) is 7.72. The van der Waals surface area contributed by atoms with Crippen LogP contribution in [0.2, 0.25) is 0 Å². The topological polar surface area (TPSA) is 104 Å². The molecule has 1 spiro atoms. The van der Waals surface area contributed by atoms with Gasteiger partial charge in [-0.25, -0.2) is 0 Å². The van der Waals surface area contributed by atoms with Crippen molar-refractivity contribution in [3.8, 4) is 0 Å². The van der Waals surface area contributed by atoms with Gasteiger partial charge in [0.1, 0.15) is 35.9 Å². The Morgan fingerprint density at radius 2 is 1.93 bits per heavy atom. The predicted molar refractivity (Wildman–Crippen MR) is 163 cm³/mol. The highest BCUT2D eigenvalue weighted by atomic mass is 16.7. The number of hydrogen-bond acceptors (Lipinski definition) is 8. The van der Waals surface area contributed by atoms with Crippen LogP contribution in [0.3, 0.4) is 0 Å². The highest BCUT2D eigenvalue weighted by molar-refractivity contribution is 5.78. The van der Waals surface area contributed by atoms with E-state index in [1.807, 2.05) is 39.0 Å². The standard InChI is InChI=1S/C35H50O8/c1-8-22(4)30-24(6)16-29(36)34(43-30)18-27-17-26(42-34)13-12-21(3)14-20(2)10-9-11-25-19-40-32-31(39-7)23(5)15-28(33(37)41-27)35(25,32)38/h8-12,15,20,24,26-32,36,38H,13-14,16-19H2,1-7H3. The summed E-state index contributed by atoms with van der Waals surface area (Å²) >= 11 is 0. The second kappa shape index (κ2) is 12.7. The van der Waals surface area contributed by atoms with Crippen molar-refractivity contribution >= 4 is 5.97 Å². The minimum absolute atomic E-state index is 0.104. The van der Waals surface area contributed by atoms with E-state index in [1.165, 1.54) is 5.57 Å². The number of ether oxygens (including phenoxy) is 5. The number of rotatable bonds is 2. The molecule has 43 heavy (non-hydrogen) atoms. The molecule has 0 amide bonds. The van der Waals surface area contributed by atoms with E-state index < -0.39 is 47.7 Å². The van der Waals surface area contributed by atoms with Crippen LogP contribution in [0.4, 0.5) is 0 Å². The molecule has 1 aliphatic carbocycles. The van der Waals surface area contributed by atoms with E-state index in [-0.39, 0.29) is 37.1 Å². The molecule has 3 saturated heterocycles. The van der Waals surface area contributed by atoms with Crippen LogP contribution in [0.15, 0.2) is 58.7 Å². The summed E-state index contributed by atoms with van der Waals surface area (Å²) < 4.78 is 31.4. The molecule has 0 aromatic heterocycles. The number of aliphatic hydroxyl groups excluding tert-OH is 1. The zero-order chi connectivity index (χ0) is 31.1. The highest BCUT2D eigenvalue weighted by Crippen LogP contribution is 2.48. The number of carbonyl (C=O) groups is 1. The smallest absolute Gasteiger partial charge is 0.316 e. The Balaban J connectivity index is 1.54. The highest BCUT2D eigenvalue weighted by Gasteiger charge is 2.61. The first-order valence-electron chi connectivity index (χ1n) is 15.9. The molecule has 2 N–H and O–H groups in total. The SMILES string of the molecule is CC=C(C)C1OC2(CC3CC(CC=C(C)CC(C)C=CC=C4COC5C(OC)C(C)=CC(C(=O)O3)C45O)O2)C(O)CC1C. The van der Waals surface area contributed by atoms with Gasteiger partial charge in [-0.15, -0.1) is 0 Å². The maximum atomic E-state index is 14.1. The van der Waals surface area contributed by atoms with Gasteiger partial charge in [0.15, 0.2) is 5.79 Å². The van der Waals surface area contributed by atoms with Crippen molar-refractivity contribution in [3.05, 3.63) is 58.7 Å². The van der Waals surface area contributed by atoms with Crippen molar-refractivity contribution in [2.45, 2.75) is 122 Å². The van der Waals surface area contributed by atoms with Crippen molar-refractivity contribution in [2.75, 3.05) is 13.7 Å². The fourth-order valence-electron chi connectivity index (χ4n) is 7.72. The number of fused-ring (bicyclic) bond motifs is 2. The van der Waals surface area contributed by atoms with Crippen molar-refractivity contribution in [1.82, 2.24) is 0 Å². The van der Waals surface area contributed by atoms with Gasteiger partial charge in [0.2, 0.25) is 0 Å². The Hall–Kier alpha value is -2.07. The van der Waals surface area contributed by atoms with Crippen LogP contribution in [0.1, 0.15) is 73.6 Å². The van der Waals surface area contributed by atoms with Gasteiger partial charge in [0.05, 0.1) is 18.8 Å². The zero-order valence-corrected chi connectivity index (χ0v) is 26.7. The average Bonchev–Trinajstić information content (AvgIpc) is 3.29. The summed E-state index contributed by atoms with van der Waals surface area (Å²) in [5, 5.41) is 23.8. The maximum Gasteiger partial charge on any atom is 0.316 e. The molecule has 238 valence electrons. The molecule has 4 heterocycles. The Labute approximate surface area is 256 Å². The molecule has 0 radical (unpaired) electrons. The number of carbonyl (C=O) groups excluding carboxylic acids is 1. The summed E-state index contributed by atoms with van der Waals surface area (Å²) in [6.45, 7) is 12.4. The first-order valence-corrected chi connectivity index (χ1v) is 15.9. The molecular formula is C35H50O8. The summed E-state index contributed by atoms with van der Waals surface area (Å²) in [7, 11) is 1.59. The van der Waals surface area contributed by atoms with Gasteiger partial charge >= 0.3 is 5.97 Å². The van der Waals surface area contributed by atoms with Crippen molar-refractivity contribution in [3.63, 3.8) is 0 Å². The number of esters is 1. The molecule has 8 heteroatoms. The molecule has 3 fully saturated rings. The third-order valence-electron chi connectivity index (χ3n) is 10.1. The summed E-state index contributed by atoms with van der Waals surface area (Å²) in [6.07, 6.45) is 11.4. The summed E-state index contributed by atoms with van der Waals surface area (Å²) in [4.78, 5) is 14.1. The van der Waals surface area contributed by atoms with E-state index in [0.717, 1.165) is 17.6 Å². The van der Waals surface area contributed by atoms with E-state index in [1.54, 1.807) is 13.2 Å². The number of aliphatic hydroxyl groups is 2. The number of hydrogen-bond donors (Lipinski definition) is 2. The quantitative estimate of drug-likeness (QED) is 0.334. The van der Waals surface area contributed by atoms with E-state index in [9.17, 15) is 15.0 Å². The lowest BCUT2D eigenvalue weighted by molar-refractivity contribution is -0.363. The van der Waals surface area contributed by atoms with Gasteiger partial charge in [-0.05, 0) is 75.5 Å². The molecule has 11 atom stereocenters. The Bertz CT molecular complexity index is 1210. The molecule has 2 bridgehead atoms. The monoisotopic (exact) mass is 598 g/mol. The van der Waals surface area contributed by atoms with E-state index in [2.05, 4.69) is 32.9 Å². The molecule has 8 nitrogen and oxygen atoms in total. The number of allylic oxidation sites excluding steroid dienone is 5. The van der Waals surface area contributed by atoms with Crippen molar-refractivity contribution in [2.24, 2.45) is 17.8 Å². The van der Waals surface area contributed by atoms with Crippen LogP contribution in [-0.4, -0.2) is 77.9 Å². The van der Waals surface area contributed by atoms with Gasteiger partial charge in [-0.2, -0.15) is 0 Å². The largest absolute Gasteiger partial charge is 0.462 e. The van der Waals surface area contributed by atoms with Gasteiger partial charge in [0, 0.05) is 20.0 Å². The van der Waals surface area contributed by atoms with E-state index in [4.69, 9.17) is 23.7 Å². The van der Waals surface area contributed by atoms with Crippen LogP contribution in [0.5, 0.6) is 0 Å². The molecule has 5 aliphatic rings. The molecule has 0 aromatic rings. The van der Waals surface area contributed by atoms with Gasteiger partial charge in [0.25, 0.3) is 0 Å². The maximum absolute atomic E-state index is 14.1. The van der Waals surface area contributed by atoms with E-state index in [0.29, 0.717) is 24.8 Å². The lowest BCUT2D eigenvalue weighted by Crippen LogP contribution is -2.62. The normalized spacial score (nSPS) is 44.3. The fraction of sp³-hybridized carbons (Fsp3) is 0.686. The van der Waals surface area contributed by atoms with Crippen molar-refractivity contribution < 1.29 is 38.7 Å². The third kappa shape index (κ3) is 6.11. The van der Waals surface area contributed by atoms with Crippen LogP contribution < -0.4 is 0 Å². The number of methoxy groups -OCH3 is 1. The first kappa shape index (κ1) is 32.3. The van der Waals surface area contributed by atoms with Crippen LogP contribution in [-0.2, 0) is 28.5 Å². The van der Waals surface area contributed by atoms with Gasteiger partial charge < -0.3 is 33.9 Å². The predicted octanol–water partition coefficient (Wildman–Crippen LogP) is 5.11. The summed E-state index contributed by atoms with van der Waals surface area (Å²) in [6, 6.07) is 0. The minimum Gasteiger partial charge on any atom is -0.462 e. The second-order valence-electron chi connectivity index (χ2n) is 13.5. The Morgan fingerprint density at radius 3 is 2.65 bits per heavy atom. The van der Waals surface area contributed by atoms with Crippen LogP contribution in [0.25, 0.3) is 0 Å². The summed E-state index contributed by atoms with van der Waals surface area (Å²) in [5.41, 5.74) is 2.12. The third-order valence-corrected chi connectivity index (χ3v) is 10.1. The molecule has 0 aromatic carbocycles. The minimum atomic E-state index is -1.62. The van der Waals surface area contributed by atoms with E-state index >= 15 is 0 Å². The molecule has 5 rings (SSSR count). The Morgan fingerprint density at radius 1 is 1.16 bits per heavy atom. The summed E-state index contributed by atoms with van der Waals surface area (Å²) in [5.74, 6) is -2.46. The molecule has 4 aliphatic heterocycles. The molecule has 0 saturated carbocycles. The molecule has 11 unspecified atom stereocenters. The Kier molecular flexibility index (Phi) is 9.58. The second-order valence-corrected chi connectivity index (χ2v) is 13.5. The lowest BCUT2D eigenvalue weighted by atomic mass is 9.70. The van der Waals surface area contributed by atoms with Gasteiger partial charge in [-0.1, -0.05) is 55.9 Å². The zero-order valence-electron chi connectivity index (χ0n) is 26.7. The van der Waals surface area contributed by atoms with Crippen LogP contribution in [0, 0.1) is 17.8 Å². The lowest BCUT2D eigenvalue weighted by Gasteiger charge is -2.52. The van der Waals surface area contributed by atoms with Crippen LogP contribution >= 0.6 is 0 Å². The van der Waals surface area contributed by atoms with Crippen molar-refractivity contribution in [1.29, 1.82) is 0 Å². The first-order chi connectivity index (χ1) is 20.4. The average molecular weight is 599 g/mol. The molecular weight excluding hydrogens is 548 g/mol. The van der Waals surface area contributed by atoms with Gasteiger partial charge in [-0.3, -0.25) is 4.79 Å².